The topological polar surface area (TPSA) is 58.2 Å². The fourth-order valence-corrected chi connectivity index (χ4v) is 2.57. The van der Waals surface area contributed by atoms with Crippen molar-refractivity contribution >= 4 is 21.8 Å². The maximum atomic E-state index is 11.4. The van der Waals surface area contributed by atoms with Crippen LogP contribution in [0.3, 0.4) is 0 Å². The lowest BCUT2D eigenvalue weighted by atomic mass is 10.7. The molecule has 0 spiro atoms. The fraction of sp³-hybridized carbons (Fsp3) is 0.778. The Morgan fingerprint density at radius 2 is 2.13 bits per heavy atom. The number of hydrogen-bond acceptors (Lipinski definition) is 4. The van der Waals surface area contributed by atoms with Crippen LogP contribution in [0.4, 0.5) is 0 Å². The average Bonchev–Trinajstić information content (AvgIpc) is 2.17. The van der Waals surface area contributed by atoms with Crippen LogP contribution >= 0.6 is 11.8 Å². The Hall–Kier alpha value is -0.0400. The Morgan fingerprint density at radius 1 is 1.40 bits per heavy atom. The van der Waals surface area contributed by atoms with Gasteiger partial charge in [-0.2, -0.15) is 11.8 Å². The highest BCUT2D eigenvalue weighted by atomic mass is 32.2. The molecule has 0 heterocycles. The van der Waals surface area contributed by atoms with E-state index in [0.29, 0.717) is 13.1 Å². The summed E-state index contributed by atoms with van der Waals surface area (Å²) in [7, 11) is -3.09. The highest BCUT2D eigenvalue weighted by Gasteiger charge is 2.07. The van der Waals surface area contributed by atoms with Gasteiger partial charge in [-0.3, -0.25) is 0 Å². The molecule has 0 aromatic carbocycles. The molecule has 0 aromatic heterocycles. The monoisotopic (exact) mass is 252 g/mol. The van der Waals surface area contributed by atoms with Gasteiger partial charge in [0.1, 0.15) is 0 Å². The summed E-state index contributed by atoms with van der Waals surface area (Å²) >= 11 is 1.66. The first kappa shape index (κ1) is 15.0. The molecule has 4 nitrogen and oxygen atoms in total. The van der Waals surface area contributed by atoms with E-state index in [1.807, 2.05) is 13.0 Å². The summed E-state index contributed by atoms with van der Waals surface area (Å²) in [5, 5.41) is 2.98. The molecule has 0 saturated heterocycles. The molecule has 6 heteroatoms. The SMILES string of the molecule is C=CCSCCNS(=O)(=O)CCNCC. The molecule has 15 heavy (non-hydrogen) atoms. The van der Waals surface area contributed by atoms with E-state index in [-0.39, 0.29) is 5.75 Å². The van der Waals surface area contributed by atoms with Crippen molar-refractivity contribution in [3.05, 3.63) is 12.7 Å². The molecule has 2 N–H and O–H groups in total. The van der Waals surface area contributed by atoms with Gasteiger partial charge in [-0.05, 0) is 6.54 Å². The van der Waals surface area contributed by atoms with E-state index in [2.05, 4.69) is 16.6 Å². The van der Waals surface area contributed by atoms with Crippen molar-refractivity contribution in [3.8, 4) is 0 Å². The molecule has 0 unspecified atom stereocenters. The van der Waals surface area contributed by atoms with Gasteiger partial charge >= 0.3 is 0 Å². The molecule has 90 valence electrons. The zero-order chi connectivity index (χ0) is 11.6. The van der Waals surface area contributed by atoms with E-state index < -0.39 is 10.0 Å². The first-order valence-corrected chi connectivity index (χ1v) is 7.79. The number of rotatable bonds is 10. The lowest BCUT2D eigenvalue weighted by molar-refractivity contribution is 0.580. The Morgan fingerprint density at radius 3 is 2.73 bits per heavy atom. The van der Waals surface area contributed by atoms with Crippen molar-refractivity contribution < 1.29 is 8.42 Å². The summed E-state index contributed by atoms with van der Waals surface area (Å²) in [5.74, 6) is 1.79. The van der Waals surface area contributed by atoms with Crippen molar-refractivity contribution in [1.29, 1.82) is 0 Å². The average molecular weight is 252 g/mol. The van der Waals surface area contributed by atoms with Crippen LogP contribution < -0.4 is 10.0 Å². The molecule has 0 aromatic rings. The Labute approximate surface area is 97.0 Å². The predicted molar refractivity (Wildman–Crippen MR) is 67.9 cm³/mol. The number of thioether (sulfide) groups is 1. The summed E-state index contributed by atoms with van der Waals surface area (Å²) in [5.41, 5.74) is 0. The Balaban J connectivity index is 3.51. The van der Waals surface area contributed by atoms with E-state index >= 15 is 0 Å². The molecular formula is C9H20N2O2S2. The van der Waals surface area contributed by atoms with Crippen LogP contribution in [0.25, 0.3) is 0 Å². The second-order valence-electron chi connectivity index (χ2n) is 2.93. The van der Waals surface area contributed by atoms with Gasteiger partial charge in [0, 0.05) is 24.6 Å². The molecule has 0 saturated carbocycles. The van der Waals surface area contributed by atoms with Gasteiger partial charge in [0.25, 0.3) is 0 Å². The van der Waals surface area contributed by atoms with Crippen molar-refractivity contribution in [2.45, 2.75) is 6.92 Å². The van der Waals surface area contributed by atoms with Gasteiger partial charge in [0.2, 0.25) is 10.0 Å². The highest BCUT2D eigenvalue weighted by Crippen LogP contribution is 1.97. The van der Waals surface area contributed by atoms with E-state index in [0.717, 1.165) is 18.1 Å². The normalized spacial score (nSPS) is 11.5. The van der Waals surface area contributed by atoms with E-state index in [1.165, 1.54) is 0 Å². The maximum Gasteiger partial charge on any atom is 0.212 e. The van der Waals surface area contributed by atoms with Gasteiger partial charge in [-0.1, -0.05) is 13.0 Å². The molecular weight excluding hydrogens is 232 g/mol. The van der Waals surface area contributed by atoms with Gasteiger partial charge in [-0.15, -0.1) is 6.58 Å². The third-order valence-electron chi connectivity index (χ3n) is 1.60. The van der Waals surface area contributed by atoms with Crippen molar-refractivity contribution in [2.24, 2.45) is 0 Å². The largest absolute Gasteiger partial charge is 0.316 e. The minimum absolute atomic E-state index is 0.146. The molecule has 0 rings (SSSR count). The molecule has 0 atom stereocenters. The minimum atomic E-state index is -3.09. The third-order valence-corrected chi connectivity index (χ3v) is 3.95. The number of nitrogens with one attached hydrogen (secondary N) is 2. The fourth-order valence-electron chi connectivity index (χ4n) is 0.891. The zero-order valence-electron chi connectivity index (χ0n) is 9.16. The molecule has 0 radical (unpaired) electrons. The lowest BCUT2D eigenvalue weighted by Gasteiger charge is -2.06. The predicted octanol–water partition coefficient (Wildman–Crippen LogP) is 0.434. The standard InChI is InChI=1S/C9H20N2O2S2/c1-3-7-14-8-5-11-15(12,13)9-6-10-4-2/h3,10-11H,1,4-9H2,2H3. The summed E-state index contributed by atoms with van der Waals surface area (Å²) in [4.78, 5) is 0. The summed E-state index contributed by atoms with van der Waals surface area (Å²) < 4.78 is 25.3. The van der Waals surface area contributed by atoms with Crippen LogP contribution in [0.1, 0.15) is 6.92 Å². The van der Waals surface area contributed by atoms with Gasteiger partial charge in [0.05, 0.1) is 5.75 Å². The second kappa shape index (κ2) is 9.21. The van der Waals surface area contributed by atoms with Crippen molar-refractivity contribution in [2.75, 3.05) is 36.9 Å². The third kappa shape index (κ3) is 10.2. The van der Waals surface area contributed by atoms with Crippen LogP contribution in [0, 0.1) is 0 Å². The molecule has 0 aliphatic heterocycles. The van der Waals surface area contributed by atoms with Crippen LogP contribution in [0.2, 0.25) is 0 Å². The quantitative estimate of drug-likeness (QED) is 0.437. The maximum absolute atomic E-state index is 11.4. The molecule has 0 bridgehead atoms. The summed E-state index contributed by atoms with van der Waals surface area (Å²) in [6, 6.07) is 0. The second-order valence-corrected chi connectivity index (χ2v) is 6.01. The first-order valence-electron chi connectivity index (χ1n) is 4.99. The molecule has 0 amide bonds. The van der Waals surface area contributed by atoms with E-state index in [9.17, 15) is 8.42 Å². The minimum Gasteiger partial charge on any atom is -0.316 e. The molecule has 0 fully saturated rings. The van der Waals surface area contributed by atoms with E-state index in [4.69, 9.17) is 0 Å². The summed E-state index contributed by atoms with van der Waals surface area (Å²) in [6.45, 7) is 7.33. The van der Waals surface area contributed by atoms with Gasteiger partial charge in [0.15, 0.2) is 0 Å². The van der Waals surface area contributed by atoms with Crippen LogP contribution in [0.15, 0.2) is 12.7 Å². The number of sulfonamides is 1. The zero-order valence-corrected chi connectivity index (χ0v) is 10.8. The van der Waals surface area contributed by atoms with Gasteiger partial charge < -0.3 is 5.32 Å². The van der Waals surface area contributed by atoms with E-state index in [1.54, 1.807) is 11.8 Å². The van der Waals surface area contributed by atoms with Crippen LogP contribution in [-0.2, 0) is 10.0 Å². The molecule has 0 aliphatic rings. The number of hydrogen-bond donors (Lipinski definition) is 2. The van der Waals surface area contributed by atoms with Crippen molar-refractivity contribution in [1.82, 2.24) is 10.0 Å². The van der Waals surface area contributed by atoms with Crippen LogP contribution in [0.5, 0.6) is 0 Å². The molecule has 0 aliphatic carbocycles. The van der Waals surface area contributed by atoms with Gasteiger partial charge in [-0.25, -0.2) is 13.1 Å². The smallest absolute Gasteiger partial charge is 0.212 e. The first-order chi connectivity index (χ1) is 7.12. The highest BCUT2D eigenvalue weighted by molar-refractivity contribution is 7.99. The van der Waals surface area contributed by atoms with Crippen LogP contribution in [-0.4, -0.2) is 45.3 Å². The van der Waals surface area contributed by atoms with Crippen molar-refractivity contribution in [3.63, 3.8) is 0 Å². The Bertz CT molecular complexity index is 253. The Kier molecular flexibility index (Phi) is 9.18. The lowest BCUT2D eigenvalue weighted by Crippen LogP contribution is -2.33. The summed E-state index contributed by atoms with van der Waals surface area (Å²) in [6.07, 6.45) is 1.81.